The van der Waals surface area contributed by atoms with Gasteiger partial charge in [0.15, 0.2) is 5.69 Å². The molecule has 0 radical (unpaired) electrons. The van der Waals surface area contributed by atoms with Crippen molar-refractivity contribution >= 4 is 15.9 Å². The normalized spacial score (nSPS) is 18.9. The molecular formula is C21H28N4O3S. The Balaban J connectivity index is 1.80. The summed E-state index contributed by atoms with van der Waals surface area (Å²) in [5.74, 6) is 0.280. The molecule has 0 atom stereocenters. The average molecular weight is 417 g/mol. The molecular weight excluding hydrogens is 388 g/mol. The number of aromatic nitrogens is 2. The van der Waals surface area contributed by atoms with Gasteiger partial charge >= 0.3 is 0 Å². The number of amides is 1. The molecule has 29 heavy (non-hydrogen) atoms. The van der Waals surface area contributed by atoms with Gasteiger partial charge in [-0.25, -0.2) is 13.4 Å². The van der Waals surface area contributed by atoms with Gasteiger partial charge in [-0.1, -0.05) is 26.0 Å². The van der Waals surface area contributed by atoms with Crippen molar-refractivity contribution in [2.45, 2.75) is 51.0 Å². The van der Waals surface area contributed by atoms with Crippen molar-refractivity contribution in [3.8, 4) is 5.69 Å². The molecule has 8 heteroatoms. The molecule has 2 aliphatic rings. The maximum absolute atomic E-state index is 13.4. The van der Waals surface area contributed by atoms with Crippen LogP contribution in [0.1, 0.15) is 55.7 Å². The lowest BCUT2D eigenvalue weighted by Gasteiger charge is -2.26. The van der Waals surface area contributed by atoms with Gasteiger partial charge in [0, 0.05) is 19.6 Å². The Morgan fingerprint density at radius 2 is 1.86 bits per heavy atom. The summed E-state index contributed by atoms with van der Waals surface area (Å²) < 4.78 is 30.0. The molecule has 156 valence electrons. The van der Waals surface area contributed by atoms with Crippen LogP contribution in [0.15, 0.2) is 35.5 Å². The Morgan fingerprint density at radius 1 is 1.14 bits per heavy atom. The molecule has 0 unspecified atom stereocenters. The van der Waals surface area contributed by atoms with Gasteiger partial charge in [0.25, 0.3) is 5.91 Å². The van der Waals surface area contributed by atoms with Crippen LogP contribution in [0.2, 0.25) is 0 Å². The zero-order valence-electron chi connectivity index (χ0n) is 17.0. The highest BCUT2D eigenvalue weighted by Gasteiger charge is 2.35. The van der Waals surface area contributed by atoms with Crippen molar-refractivity contribution in [1.29, 1.82) is 0 Å². The molecule has 4 rings (SSSR count). The van der Waals surface area contributed by atoms with Gasteiger partial charge in [-0.3, -0.25) is 9.36 Å². The molecule has 1 fully saturated rings. The van der Waals surface area contributed by atoms with E-state index in [1.165, 1.54) is 4.31 Å². The summed E-state index contributed by atoms with van der Waals surface area (Å²) in [5, 5.41) is 0. The van der Waals surface area contributed by atoms with Crippen molar-refractivity contribution in [2.75, 3.05) is 19.6 Å². The summed E-state index contributed by atoms with van der Waals surface area (Å²) in [4.78, 5) is 19.7. The molecule has 2 aliphatic heterocycles. The molecule has 0 aliphatic carbocycles. The van der Waals surface area contributed by atoms with Gasteiger partial charge in [-0.05, 0) is 43.7 Å². The number of piperidine rings is 1. The molecule has 0 bridgehead atoms. The summed E-state index contributed by atoms with van der Waals surface area (Å²) in [6.07, 6.45) is 5.48. The SMILES string of the molecule is CC(C)CCN1Cc2c(C(=O)N3CCCCC3)ncn2-c2ccccc2S1(=O)=O. The number of para-hydroxylation sites is 1. The fourth-order valence-corrected chi connectivity index (χ4v) is 5.62. The predicted octanol–water partition coefficient (Wildman–Crippen LogP) is 3.05. The monoisotopic (exact) mass is 416 g/mol. The standard InChI is InChI=1S/C21H28N4O3S/c1-16(2)10-13-24-14-18-20(21(26)23-11-6-3-7-12-23)22-15-25(18)17-8-4-5-9-19(17)29(24,27)28/h4-5,8-9,15-16H,3,6-7,10-14H2,1-2H3. The van der Waals surface area contributed by atoms with Crippen LogP contribution in [0.4, 0.5) is 0 Å². The quantitative estimate of drug-likeness (QED) is 0.768. The maximum Gasteiger partial charge on any atom is 0.274 e. The van der Waals surface area contributed by atoms with Crippen LogP contribution in [0, 0.1) is 5.92 Å². The third kappa shape index (κ3) is 3.71. The number of carbonyl (C=O) groups excluding carboxylic acids is 1. The van der Waals surface area contributed by atoms with E-state index in [1.54, 1.807) is 29.1 Å². The first kappa shape index (κ1) is 20.1. The first-order chi connectivity index (χ1) is 13.9. The van der Waals surface area contributed by atoms with Gasteiger partial charge < -0.3 is 4.90 Å². The Morgan fingerprint density at radius 3 is 2.59 bits per heavy atom. The van der Waals surface area contributed by atoms with E-state index in [1.807, 2.05) is 11.0 Å². The highest BCUT2D eigenvalue weighted by molar-refractivity contribution is 7.89. The predicted molar refractivity (Wildman–Crippen MR) is 110 cm³/mol. The number of sulfonamides is 1. The summed E-state index contributed by atoms with van der Waals surface area (Å²) in [6.45, 7) is 6.19. The van der Waals surface area contributed by atoms with Crippen LogP contribution < -0.4 is 0 Å². The Kier molecular flexibility index (Phi) is 5.48. The molecule has 0 saturated carbocycles. The number of rotatable bonds is 4. The van der Waals surface area contributed by atoms with Gasteiger partial charge in [-0.15, -0.1) is 0 Å². The smallest absolute Gasteiger partial charge is 0.274 e. The summed E-state index contributed by atoms with van der Waals surface area (Å²) in [7, 11) is -3.66. The van der Waals surface area contributed by atoms with Crippen LogP contribution in [-0.2, 0) is 16.6 Å². The third-order valence-electron chi connectivity index (χ3n) is 5.74. The summed E-state index contributed by atoms with van der Waals surface area (Å²) in [5.41, 5.74) is 1.57. The second-order valence-corrected chi connectivity index (χ2v) is 10.2. The fourth-order valence-electron chi connectivity index (χ4n) is 4.02. The van der Waals surface area contributed by atoms with Crippen molar-refractivity contribution in [3.05, 3.63) is 42.0 Å². The minimum absolute atomic E-state index is 0.0981. The van der Waals surface area contributed by atoms with E-state index in [0.29, 0.717) is 29.5 Å². The number of imidazole rings is 1. The molecule has 1 saturated heterocycles. The molecule has 7 nitrogen and oxygen atoms in total. The highest BCUT2D eigenvalue weighted by atomic mass is 32.2. The second kappa shape index (κ2) is 7.91. The van der Waals surface area contributed by atoms with Crippen LogP contribution in [0.25, 0.3) is 5.69 Å². The Bertz CT molecular complexity index is 1010. The fraction of sp³-hybridized carbons (Fsp3) is 0.524. The third-order valence-corrected chi connectivity index (χ3v) is 7.63. The van der Waals surface area contributed by atoms with E-state index in [2.05, 4.69) is 18.8 Å². The van der Waals surface area contributed by atoms with Crippen LogP contribution in [0.5, 0.6) is 0 Å². The number of carbonyl (C=O) groups is 1. The van der Waals surface area contributed by atoms with Crippen molar-refractivity contribution in [1.82, 2.24) is 18.8 Å². The highest BCUT2D eigenvalue weighted by Crippen LogP contribution is 2.32. The van der Waals surface area contributed by atoms with Crippen molar-refractivity contribution in [3.63, 3.8) is 0 Å². The first-order valence-corrected chi connectivity index (χ1v) is 11.8. The van der Waals surface area contributed by atoms with E-state index in [-0.39, 0.29) is 17.3 Å². The van der Waals surface area contributed by atoms with E-state index < -0.39 is 10.0 Å². The summed E-state index contributed by atoms with van der Waals surface area (Å²) >= 11 is 0. The largest absolute Gasteiger partial charge is 0.337 e. The number of hydrogen-bond donors (Lipinski definition) is 0. The van der Waals surface area contributed by atoms with E-state index in [4.69, 9.17) is 0 Å². The maximum atomic E-state index is 13.4. The number of nitrogens with zero attached hydrogens (tertiary/aromatic N) is 4. The van der Waals surface area contributed by atoms with Gasteiger partial charge in [-0.2, -0.15) is 4.31 Å². The van der Waals surface area contributed by atoms with E-state index in [0.717, 1.165) is 38.8 Å². The number of hydrogen-bond acceptors (Lipinski definition) is 4. The summed E-state index contributed by atoms with van der Waals surface area (Å²) in [6, 6.07) is 6.96. The topological polar surface area (TPSA) is 75.5 Å². The Hall–Kier alpha value is -2.19. The molecule has 0 spiro atoms. The molecule has 1 aromatic carbocycles. The molecule has 1 aromatic heterocycles. The zero-order chi connectivity index (χ0) is 20.6. The molecule has 2 aromatic rings. The lowest BCUT2D eigenvalue weighted by Crippen LogP contribution is -2.37. The lowest BCUT2D eigenvalue weighted by atomic mass is 10.1. The molecule has 3 heterocycles. The minimum atomic E-state index is -3.66. The van der Waals surface area contributed by atoms with Crippen molar-refractivity contribution < 1.29 is 13.2 Å². The average Bonchev–Trinajstić information content (AvgIpc) is 3.10. The minimum Gasteiger partial charge on any atom is -0.337 e. The molecule has 0 N–H and O–H groups in total. The van der Waals surface area contributed by atoms with E-state index in [9.17, 15) is 13.2 Å². The van der Waals surface area contributed by atoms with Gasteiger partial charge in [0.1, 0.15) is 11.2 Å². The van der Waals surface area contributed by atoms with Crippen LogP contribution >= 0.6 is 0 Å². The van der Waals surface area contributed by atoms with Crippen LogP contribution in [0.3, 0.4) is 0 Å². The van der Waals surface area contributed by atoms with Crippen molar-refractivity contribution in [2.24, 2.45) is 5.92 Å². The number of benzene rings is 1. The number of likely N-dealkylation sites (tertiary alicyclic amines) is 1. The Labute approximate surface area is 172 Å². The zero-order valence-corrected chi connectivity index (χ0v) is 17.9. The van der Waals surface area contributed by atoms with Gasteiger partial charge in [0.05, 0.1) is 17.9 Å². The first-order valence-electron chi connectivity index (χ1n) is 10.3. The van der Waals surface area contributed by atoms with Gasteiger partial charge in [0.2, 0.25) is 10.0 Å². The van der Waals surface area contributed by atoms with E-state index >= 15 is 0 Å². The lowest BCUT2D eigenvalue weighted by molar-refractivity contribution is 0.0717. The second-order valence-electron chi connectivity index (χ2n) is 8.25. The van der Waals surface area contributed by atoms with Crippen LogP contribution in [-0.4, -0.2) is 52.7 Å². The molecule has 1 amide bonds. The number of fused-ring (bicyclic) bond motifs is 3.